The van der Waals surface area contributed by atoms with Gasteiger partial charge in [0.2, 0.25) is 0 Å². The van der Waals surface area contributed by atoms with Crippen LogP contribution in [0.4, 0.5) is 4.79 Å². The van der Waals surface area contributed by atoms with Crippen LogP contribution in [0.15, 0.2) is 44.7 Å². The third kappa shape index (κ3) is 3.23. The van der Waals surface area contributed by atoms with Gasteiger partial charge in [0.15, 0.2) is 0 Å². The SMILES string of the molecule is CCOC(=O)C1=C(C)NC(=O)NC1c1cc(=O)oc2ccc(Cl)cc12. The number of hydrogen-bond acceptors (Lipinski definition) is 5. The molecule has 1 aliphatic rings. The zero-order chi connectivity index (χ0) is 18.1. The molecule has 1 unspecified atom stereocenters. The Bertz CT molecular complexity index is 963. The molecule has 1 aromatic carbocycles. The summed E-state index contributed by atoms with van der Waals surface area (Å²) in [6.45, 7) is 3.46. The molecule has 0 fully saturated rings. The Morgan fingerprint density at radius 1 is 1.32 bits per heavy atom. The number of ether oxygens (including phenoxy) is 1. The van der Waals surface area contributed by atoms with E-state index < -0.39 is 23.7 Å². The molecule has 1 atom stereocenters. The zero-order valence-corrected chi connectivity index (χ0v) is 14.3. The molecule has 2 N–H and O–H groups in total. The molecule has 130 valence electrons. The number of benzene rings is 1. The number of halogens is 1. The predicted octanol–water partition coefficient (Wildman–Crippen LogP) is 2.64. The van der Waals surface area contributed by atoms with Gasteiger partial charge >= 0.3 is 17.6 Å². The summed E-state index contributed by atoms with van der Waals surface area (Å²) in [7, 11) is 0. The molecule has 0 saturated heterocycles. The maximum absolute atomic E-state index is 12.4. The van der Waals surface area contributed by atoms with E-state index in [0.717, 1.165) is 0 Å². The molecule has 2 heterocycles. The van der Waals surface area contributed by atoms with E-state index in [-0.39, 0.29) is 12.2 Å². The summed E-state index contributed by atoms with van der Waals surface area (Å²) in [4.78, 5) is 36.3. The monoisotopic (exact) mass is 362 g/mol. The van der Waals surface area contributed by atoms with Gasteiger partial charge in [-0.05, 0) is 37.6 Å². The van der Waals surface area contributed by atoms with E-state index in [0.29, 0.717) is 27.3 Å². The van der Waals surface area contributed by atoms with E-state index in [1.165, 1.54) is 6.07 Å². The van der Waals surface area contributed by atoms with Crippen molar-refractivity contribution in [2.45, 2.75) is 19.9 Å². The predicted molar refractivity (Wildman–Crippen MR) is 91.2 cm³/mol. The second-order valence-electron chi connectivity index (χ2n) is 5.45. The maximum atomic E-state index is 12.4. The molecule has 2 amide bonds. The van der Waals surface area contributed by atoms with Crippen LogP contribution >= 0.6 is 11.6 Å². The molecule has 0 aliphatic carbocycles. The van der Waals surface area contributed by atoms with Crippen LogP contribution < -0.4 is 16.3 Å². The molecule has 0 bridgehead atoms. The minimum atomic E-state index is -0.863. The number of urea groups is 1. The number of esters is 1. The summed E-state index contributed by atoms with van der Waals surface area (Å²) in [5, 5.41) is 6.16. The summed E-state index contributed by atoms with van der Waals surface area (Å²) >= 11 is 6.05. The summed E-state index contributed by atoms with van der Waals surface area (Å²) in [5.74, 6) is -0.582. The van der Waals surface area contributed by atoms with Crippen LogP contribution in [0.2, 0.25) is 5.02 Å². The van der Waals surface area contributed by atoms with E-state index >= 15 is 0 Å². The number of carbonyl (C=O) groups is 2. The minimum absolute atomic E-state index is 0.180. The molecule has 7 nitrogen and oxygen atoms in total. The number of carbonyl (C=O) groups excluding carboxylic acids is 2. The van der Waals surface area contributed by atoms with Gasteiger partial charge in [-0.1, -0.05) is 11.6 Å². The highest BCUT2D eigenvalue weighted by atomic mass is 35.5. The van der Waals surface area contributed by atoms with Crippen LogP contribution in [-0.4, -0.2) is 18.6 Å². The number of fused-ring (bicyclic) bond motifs is 1. The molecule has 3 rings (SSSR count). The third-order valence-electron chi connectivity index (χ3n) is 3.81. The maximum Gasteiger partial charge on any atom is 0.338 e. The molecule has 0 spiro atoms. The first-order valence-corrected chi connectivity index (χ1v) is 7.97. The van der Waals surface area contributed by atoms with Gasteiger partial charge in [0, 0.05) is 22.2 Å². The number of allylic oxidation sites excluding steroid dienone is 1. The zero-order valence-electron chi connectivity index (χ0n) is 13.5. The number of rotatable bonds is 3. The Labute approximate surface area is 147 Å². The topological polar surface area (TPSA) is 97.6 Å². The van der Waals surface area contributed by atoms with Gasteiger partial charge in [0.05, 0.1) is 18.2 Å². The van der Waals surface area contributed by atoms with Crippen molar-refractivity contribution in [3.05, 3.63) is 56.5 Å². The molecule has 1 aromatic heterocycles. The van der Waals surface area contributed by atoms with Crippen molar-refractivity contribution in [2.75, 3.05) is 6.61 Å². The van der Waals surface area contributed by atoms with E-state index in [9.17, 15) is 14.4 Å². The smallest absolute Gasteiger partial charge is 0.338 e. The highest BCUT2D eigenvalue weighted by Gasteiger charge is 2.33. The Morgan fingerprint density at radius 3 is 2.80 bits per heavy atom. The van der Waals surface area contributed by atoms with Crippen LogP contribution in [0.25, 0.3) is 11.0 Å². The first-order valence-electron chi connectivity index (χ1n) is 7.59. The lowest BCUT2D eigenvalue weighted by Crippen LogP contribution is -2.45. The van der Waals surface area contributed by atoms with Crippen molar-refractivity contribution < 1.29 is 18.7 Å². The summed E-state index contributed by atoms with van der Waals surface area (Å²) in [6.07, 6.45) is 0. The molecule has 0 saturated carbocycles. The lowest BCUT2D eigenvalue weighted by molar-refractivity contribution is -0.139. The van der Waals surface area contributed by atoms with E-state index in [1.54, 1.807) is 32.0 Å². The molecule has 0 radical (unpaired) electrons. The average molecular weight is 363 g/mol. The molecular formula is C17H15ClN2O5. The standard InChI is InChI=1S/C17H15ClN2O5/c1-3-24-16(22)14-8(2)19-17(23)20-15(14)11-7-13(21)25-12-5-4-9(18)6-10(11)12/h4-7,15H,3H2,1-2H3,(H2,19,20,23). The van der Waals surface area contributed by atoms with Crippen LogP contribution in [0, 0.1) is 0 Å². The average Bonchev–Trinajstić information content (AvgIpc) is 2.54. The van der Waals surface area contributed by atoms with Crippen LogP contribution in [0.1, 0.15) is 25.5 Å². The Balaban J connectivity index is 2.25. The van der Waals surface area contributed by atoms with Gasteiger partial charge < -0.3 is 19.8 Å². The Hall–Kier alpha value is -2.80. The lowest BCUT2D eigenvalue weighted by Gasteiger charge is -2.28. The van der Waals surface area contributed by atoms with Gasteiger partial charge in [-0.2, -0.15) is 0 Å². The van der Waals surface area contributed by atoms with Crippen LogP contribution in [-0.2, 0) is 9.53 Å². The van der Waals surface area contributed by atoms with Gasteiger partial charge in [-0.15, -0.1) is 0 Å². The van der Waals surface area contributed by atoms with Gasteiger partial charge in [-0.25, -0.2) is 14.4 Å². The quantitative estimate of drug-likeness (QED) is 0.646. The molecule has 2 aromatic rings. The number of amides is 2. The van der Waals surface area contributed by atoms with Crippen LogP contribution in [0.3, 0.4) is 0 Å². The van der Waals surface area contributed by atoms with Crippen molar-refractivity contribution in [2.24, 2.45) is 0 Å². The number of hydrogen-bond donors (Lipinski definition) is 2. The second kappa shape index (κ2) is 6.60. The summed E-state index contributed by atoms with van der Waals surface area (Å²) < 4.78 is 10.3. The van der Waals surface area contributed by atoms with Crippen molar-refractivity contribution in [3.8, 4) is 0 Å². The summed E-state index contributed by atoms with van der Waals surface area (Å²) in [5.41, 5.74) is 0.689. The largest absolute Gasteiger partial charge is 0.463 e. The fraction of sp³-hybridized carbons (Fsp3) is 0.235. The van der Waals surface area contributed by atoms with E-state index in [4.69, 9.17) is 20.8 Å². The molecule has 1 aliphatic heterocycles. The van der Waals surface area contributed by atoms with Crippen molar-refractivity contribution in [1.82, 2.24) is 10.6 Å². The first kappa shape index (κ1) is 17.0. The molecule has 8 heteroatoms. The fourth-order valence-corrected chi connectivity index (χ4v) is 2.98. The normalized spacial score (nSPS) is 17.2. The molecular weight excluding hydrogens is 348 g/mol. The fourth-order valence-electron chi connectivity index (χ4n) is 2.80. The van der Waals surface area contributed by atoms with E-state index in [2.05, 4.69) is 10.6 Å². The van der Waals surface area contributed by atoms with Gasteiger partial charge in [-0.3, -0.25) is 0 Å². The van der Waals surface area contributed by atoms with Crippen molar-refractivity contribution in [1.29, 1.82) is 0 Å². The van der Waals surface area contributed by atoms with Crippen molar-refractivity contribution >= 4 is 34.6 Å². The van der Waals surface area contributed by atoms with E-state index in [1.807, 2.05) is 0 Å². The summed E-state index contributed by atoms with van der Waals surface area (Å²) in [6, 6.07) is 4.65. The second-order valence-corrected chi connectivity index (χ2v) is 5.89. The van der Waals surface area contributed by atoms with Crippen LogP contribution in [0.5, 0.6) is 0 Å². The van der Waals surface area contributed by atoms with Gasteiger partial charge in [0.25, 0.3) is 0 Å². The van der Waals surface area contributed by atoms with Gasteiger partial charge in [0.1, 0.15) is 5.58 Å². The lowest BCUT2D eigenvalue weighted by atomic mass is 9.93. The Kier molecular flexibility index (Phi) is 4.50. The minimum Gasteiger partial charge on any atom is -0.463 e. The number of nitrogens with one attached hydrogen (secondary N) is 2. The Morgan fingerprint density at radius 2 is 2.08 bits per heavy atom. The highest BCUT2D eigenvalue weighted by Crippen LogP contribution is 2.32. The van der Waals surface area contributed by atoms with Crippen molar-refractivity contribution in [3.63, 3.8) is 0 Å². The first-order chi connectivity index (χ1) is 11.9. The molecule has 25 heavy (non-hydrogen) atoms. The third-order valence-corrected chi connectivity index (χ3v) is 4.05. The highest BCUT2D eigenvalue weighted by molar-refractivity contribution is 6.31.